The number of aromatic nitrogens is 3. The molecule has 0 atom stereocenters. The van der Waals surface area contributed by atoms with E-state index in [1.165, 1.54) is 46.4 Å². The van der Waals surface area contributed by atoms with Gasteiger partial charge in [0, 0.05) is 57.4 Å². The van der Waals surface area contributed by atoms with Crippen LogP contribution in [0.1, 0.15) is 0 Å². The Balaban J connectivity index is 1.17. The summed E-state index contributed by atoms with van der Waals surface area (Å²) >= 11 is 3.63. The monoisotopic (exact) mass is 723 g/mol. The van der Waals surface area contributed by atoms with Crippen LogP contribution in [0.4, 0.5) is 0 Å². The number of rotatable bonds is 2. The number of nitrogens with zero attached hydrogens (tertiary/aromatic N) is 3. The molecule has 0 saturated heterocycles. The normalized spacial score (nSPS) is 12.4. The van der Waals surface area contributed by atoms with Crippen LogP contribution >= 0.6 is 22.7 Å². The third-order valence-electron chi connectivity index (χ3n) is 11.2. The molecule has 4 nitrogen and oxygen atoms in total. The predicted octanol–water partition coefficient (Wildman–Crippen LogP) is 14.2. The van der Waals surface area contributed by atoms with Crippen molar-refractivity contribution in [2.75, 3.05) is 0 Å². The van der Waals surface area contributed by atoms with E-state index in [4.69, 9.17) is 14.4 Å². The number of thiophene rings is 2. The predicted molar refractivity (Wildman–Crippen MR) is 230 cm³/mol. The summed E-state index contributed by atoms with van der Waals surface area (Å²) in [6.45, 7) is 0. The van der Waals surface area contributed by atoms with E-state index >= 15 is 0 Å². The van der Waals surface area contributed by atoms with Gasteiger partial charge >= 0.3 is 0 Å². The fraction of sp³-hybridized carbons (Fsp3) is 0. The zero-order valence-electron chi connectivity index (χ0n) is 28.5. The minimum absolute atomic E-state index is 0.667. The van der Waals surface area contributed by atoms with Crippen LogP contribution in [0.15, 0.2) is 156 Å². The Hall–Kier alpha value is -6.60. The number of hydrogen-bond acceptors (Lipinski definition) is 5. The maximum absolute atomic E-state index is 6.31. The zero-order valence-corrected chi connectivity index (χ0v) is 30.1. The fourth-order valence-corrected chi connectivity index (χ4v) is 11.0. The van der Waals surface area contributed by atoms with Crippen LogP contribution in [0.25, 0.3) is 123 Å². The van der Waals surface area contributed by atoms with Crippen molar-refractivity contribution in [1.29, 1.82) is 0 Å². The van der Waals surface area contributed by atoms with Crippen LogP contribution in [0, 0.1) is 0 Å². The van der Waals surface area contributed by atoms with Gasteiger partial charge in [-0.3, -0.25) is 4.57 Å². The largest absolute Gasteiger partial charge is 0.456 e. The molecule has 0 unspecified atom stereocenters. The van der Waals surface area contributed by atoms with Gasteiger partial charge in [0.05, 0.1) is 26.9 Å². The van der Waals surface area contributed by atoms with E-state index in [9.17, 15) is 0 Å². The molecule has 0 bridgehead atoms. The Labute approximate surface area is 314 Å². The molecule has 13 rings (SSSR count). The van der Waals surface area contributed by atoms with Crippen molar-refractivity contribution in [3.8, 4) is 17.2 Å². The zero-order chi connectivity index (χ0) is 35.1. The molecule has 5 aromatic heterocycles. The average molecular weight is 724 g/mol. The summed E-state index contributed by atoms with van der Waals surface area (Å²) in [4.78, 5) is 11.1. The first-order valence-electron chi connectivity index (χ1n) is 18.1. The summed E-state index contributed by atoms with van der Waals surface area (Å²) in [6.07, 6.45) is 0. The molecule has 0 fully saturated rings. The lowest BCUT2D eigenvalue weighted by Gasteiger charge is -2.11. The highest BCUT2D eigenvalue weighted by molar-refractivity contribution is 7.26. The van der Waals surface area contributed by atoms with E-state index in [1.807, 2.05) is 23.5 Å². The first kappa shape index (κ1) is 28.9. The lowest BCUT2D eigenvalue weighted by molar-refractivity contribution is 0.669. The topological polar surface area (TPSA) is 43.9 Å². The summed E-state index contributed by atoms with van der Waals surface area (Å²) < 4.78 is 13.5. The van der Waals surface area contributed by atoms with Gasteiger partial charge in [0.25, 0.3) is 0 Å². The second kappa shape index (κ2) is 10.5. The number of fused-ring (bicyclic) bond motifs is 16. The van der Waals surface area contributed by atoms with Crippen molar-refractivity contribution < 1.29 is 4.42 Å². The summed E-state index contributed by atoms with van der Waals surface area (Å²) in [5.41, 5.74) is 6.99. The summed E-state index contributed by atoms with van der Waals surface area (Å²) in [6, 6.07) is 54.6. The van der Waals surface area contributed by atoms with E-state index in [2.05, 4.69) is 144 Å². The Kier molecular flexibility index (Phi) is 5.63. The standard InChI is InChI=1S/C48H25N3OS2/c1-2-10-29-26(9-1)18-22-42-44(29)46-47(54-42)45(28-19-21-41-35(23-28)31-12-5-8-16-40(31)53-41)49-48(50-46)51-36-14-6-3-11-30(36)34-25-33-27(24-37(34)51)17-20-39-43(33)32-13-4-7-15-38(32)52-39/h1-25H. The van der Waals surface area contributed by atoms with Gasteiger partial charge in [-0.05, 0) is 76.1 Å². The Morgan fingerprint density at radius 1 is 0.444 bits per heavy atom. The molecule has 0 N–H and O–H groups in total. The molecule has 8 aromatic carbocycles. The van der Waals surface area contributed by atoms with E-state index in [0.717, 1.165) is 70.6 Å². The highest BCUT2D eigenvalue weighted by Gasteiger charge is 2.22. The maximum Gasteiger partial charge on any atom is 0.235 e. The number of furan rings is 1. The van der Waals surface area contributed by atoms with Crippen LogP contribution in [0.3, 0.4) is 0 Å². The minimum Gasteiger partial charge on any atom is -0.456 e. The SMILES string of the molecule is c1ccc2c(c1)ccc1sc3c(-c4ccc5sc6ccccc6c5c4)nc(-n4c5ccccc5c5cc6c(ccc7oc8ccccc8c76)cc54)nc3c12. The van der Waals surface area contributed by atoms with Crippen molar-refractivity contribution in [3.05, 3.63) is 152 Å². The van der Waals surface area contributed by atoms with Gasteiger partial charge in [0.15, 0.2) is 0 Å². The summed E-state index contributed by atoms with van der Waals surface area (Å²) in [5.74, 6) is 0.667. The lowest BCUT2D eigenvalue weighted by Crippen LogP contribution is -2.02. The van der Waals surface area contributed by atoms with Crippen molar-refractivity contribution >= 4 is 128 Å². The highest BCUT2D eigenvalue weighted by Crippen LogP contribution is 2.45. The molecule has 6 heteroatoms. The van der Waals surface area contributed by atoms with Crippen LogP contribution in [0.5, 0.6) is 0 Å². The van der Waals surface area contributed by atoms with Crippen molar-refractivity contribution in [2.24, 2.45) is 0 Å². The van der Waals surface area contributed by atoms with Gasteiger partial charge in [-0.2, -0.15) is 0 Å². The van der Waals surface area contributed by atoms with Gasteiger partial charge in [0.2, 0.25) is 5.95 Å². The van der Waals surface area contributed by atoms with Crippen LogP contribution < -0.4 is 0 Å². The molecular formula is C48H25N3OS2. The molecule has 0 radical (unpaired) electrons. The maximum atomic E-state index is 6.31. The third kappa shape index (κ3) is 3.85. The second-order valence-electron chi connectivity index (χ2n) is 14.1. The van der Waals surface area contributed by atoms with Crippen LogP contribution in [0.2, 0.25) is 0 Å². The molecule has 13 aromatic rings. The Bertz CT molecular complexity index is 3750. The van der Waals surface area contributed by atoms with E-state index in [-0.39, 0.29) is 0 Å². The average Bonchev–Trinajstić information content (AvgIpc) is 3.98. The second-order valence-corrected chi connectivity index (χ2v) is 16.2. The van der Waals surface area contributed by atoms with Crippen LogP contribution in [-0.2, 0) is 0 Å². The Morgan fingerprint density at radius 2 is 1.20 bits per heavy atom. The molecule has 54 heavy (non-hydrogen) atoms. The molecular weight excluding hydrogens is 699 g/mol. The lowest BCUT2D eigenvalue weighted by atomic mass is 10.0. The first-order valence-corrected chi connectivity index (χ1v) is 19.7. The molecule has 5 heterocycles. The number of hydrogen-bond donors (Lipinski definition) is 0. The minimum atomic E-state index is 0.667. The van der Waals surface area contributed by atoms with Gasteiger partial charge in [0.1, 0.15) is 11.2 Å². The van der Waals surface area contributed by atoms with Crippen molar-refractivity contribution in [1.82, 2.24) is 14.5 Å². The first-order chi connectivity index (χ1) is 26.7. The Morgan fingerprint density at radius 3 is 2.15 bits per heavy atom. The molecule has 0 aliphatic heterocycles. The molecule has 0 aliphatic rings. The van der Waals surface area contributed by atoms with E-state index in [1.54, 1.807) is 11.3 Å². The van der Waals surface area contributed by atoms with Gasteiger partial charge in [-0.25, -0.2) is 9.97 Å². The quantitative estimate of drug-likeness (QED) is 0.178. The summed E-state index contributed by atoms with van der Waals surface area (Å²) in [5, 5.41) is 13.1. The molecule has 250 valence electrons. The van der Waals surface area contributed by atoms with Gasteiger partial charge < -0.3 is 4.42 Å². The van der Waals surface area contributed by atoms with Crippen molar-refractivity contribution in [2.45, 2.75) is 0 Å². The molecule has 0 spiro atoms. The smallest absolute Gasteiger partial charge is 0.235 e. The van der Waals surface area contributed by atoms with E-state index < -0.39 is 0 Å². The van der Waals surface area contributed by atoms with Gasteiger partial charge in [-0.15, -0.1) is 22.7 Å². The highest BCUT2D eigenvalue weighted by atomic mass is 32.1. The molecule has 0 aliphatic carbocycles. The third-order valence-corrected chi connectivity index (χ3v) is 13.5. The van der Waals surface area contributed by atoms with E-state index in [0.29, 0.717) is 5.95 Å². The van der Waals surface area contributed by atoms with Crippen LogP contribution in [-0.4, -0.2) is 14.5 Å². The van der Waals surface area contributed by atoms with Crippen molar-refractivity contribution in [3.63, 3.8) is 0 Å². The molecule has 0 amide bonds. The fourth-order valence-electron chi connectivity index (χ4n) is 8.79. The van der Waals surface area contributed by atoms with Gasteiger partial charge in [-0.1, -0.05) is 97.1 Å². The number of para-hydroxylation sites is 2. The molecule has 0 saturated carbocycles. The number of benzene rings is 8. The summed E-state index contributed by atoms with van der Waals surface area (Å²) in [7, 11) is 0.